The van der Waals surface area contributed by atoms with Gasteiger partial charge >= 0.3 is 0 Å². The van der Waals surface area contributed by atoms with E-state index in [9.17, 15) is 5.11 Å². The van der Waals surface area contributed by atoms with Crippen molar-refractivity contribution in [1.29, 1.82) is 0 Å². The molecule has 1 N–H and O–H groups in total. The smallest absolute Gasteiger partial charge is 0.0791 e. The summed E-state index contributed by atoms with van der Waals surface area (Å²) in [6.07, 6.45) is 7.23. The van der Waals surface area contributed by atoms with Crippen LogP contribution in [0.15, 0.2) is 0 Å². The fourth-order valence-corrected chi connectivity index (χ4v) is 4.40. The first-order valence-electron chi connectivity index (χ1n) is 7.25. The zero-order valence-corrected chi connectivity index (χ0v) is 12.9. The van der Waals surface area contributed by atoms with Gasteiger partial charge < -0.3 is 5.11 Å². The van der Waals surface area contributed by atoms with E-state index in [0.717, 1.165) is 18.6 Å². The normalized spacial score (nSPS) is 30.2. The quantitative estimate of drug-likeness (QED) is 0.757. The minimum Gasteiger partial charge on any atom is -0.388 e. The molecule has 2 atom stereocenters. The SMILES string of the molecule is CCCCC(CC)CC1(O)CSCCC1(C)C. The number of thioether (sulfide) groups is 1. The fraction of sp³-hybridized carbons (Fsp3) is 1.00. The average molecular weight is 258 g/mol. The van der Waals surface area contributed by atoms with Crippen LogP contribution in [0.1, 0.15) is 66.2 Å². The maximum absolute atomic E-state index is 11.0. The van der Waals surface area contributed by atoms with Gasteiger partial charge in [-0.2, -0.15) is 11.8 Å². The Labute approximate surface area is 112 Å². The third-order valence-electron chi connectivity index (χ3n) is 4.64. The lowest BCUT2D eigenvalue weighted by Gasteiger charge is -2.47. The zero-order chi connectivity index (χ0) is 12.9. The molecule has 1 saturated heterocycles. The Morgan fingerprint density at radius 3 is 2.53 bits per heavy atom. The van der Waals surface area contributed by atoms with Crippen molar-refractivity contribution >= 4 is 11.8 Å². The van der Waals surface area contributed by atoms with Crippen LogP contribution >= 0.6 is 11.8 Å². The second kappa shape index (κ2) is 6.47. The summed E-state index contributed by atoms with van der Waals surface area (Å²) in [5.41, 5.74) is -0.345. The predicted octanol–water partition coefficient (Wildman–Crippen LogP) is 4.49. The Hall–Kier alpha value is 0.310. The van der Waals surface area contributed by atoms with Gasteiger partial charge in [0, 0.05) is 5.75 Å². The standard InChI is InChI=1S/C15H30OS/c1-5-7-8-13(6-2)11-15(16)12-17-10-9-14(15,3)4/h13,16H,5-12H2,1-4H3. The minimum atomic E-state index is -0.440. The maximum atomic E-state index is 11.0. The molecule has 0 spiro atoms. The molecule has 1 aliphatic heterocycles. The minimum absolute atomic E-state index is 0.0951. The van der Waals surface area contributed by atoms with Crippen LogP contribution in [0.2, 0.25) is 0 Å². The molecular weight excluding hydrogens is 228 g/mol. The molecule has 0 radical (unpaired) electrons. The Balaban J connectivity index is 2.61. The van der Waals surface area contributed by atoms with Crippen LogP contribution in [-0.2, 0) is 0 Å². The second-order valence-electron chi connectivity index (χ2n) is 6.34. The van der Waals surface area contributed by atoms with Gasteiger partial charge in [0.1, 0.15) is 0 Å². The van der Waals surface area contributed by atoms with Gasteiger partial charge in [0.25, 0.3) is 0 Å². The first-order valence-corrected chi connectivity index (χ1v) is 8.41. The summed E-state index contributed by atoms with van der Waals surface area (Å²) in [4.78, 5) is 0. The Bertz CT molecular complexity index is 227. The van der Waals surface area contributed by atoms with Crippen molar-refractivity contribution in [2.45, 2.75) is 71.8 Å². The summed E-state index contributed by atoms with van der Waals surface area (Å²) < 4.78 is 0. The lowest BCUT2D eigenvalue weighted by Crippen LogP contribution is -2.51. The summed E-state index contributed by atoms with van der Waals surface area (Å²) in [5.74, 6) is 2.85. The van der Waals surface area contributed by atoms with Crippen LogP contribution in [0, 0.1) is 11.3 Å². The van der Waals surface area contributed by atoms with Crippen LogP contribution in [0.25, 0.3) is 0 Å². The van der Waals surface area contributed by atoms with Crippen molar-refractivity contribution in [2.75, 3.05) is 11.5 Å². The Kier molecular flexibility index (Phi) is 5.85. The Morgan fingerprint density at radius 1 is 1.29 bits per heavy atom. The van der Waals surface area contributed by atoms with Crippen molar-refractivity contribution in [3.63, 3.8) is 0 Å². The fourth-order valence-electron chi connectivity index (χ4n) is 2.75. The first-order chi connectivity index (χ1) is 7.95. The van der Waals surface area contributed by atoms with Gasteiger partial charge in [0.15, 0.2) is 0 Å². The predicted molar refractivity (Wildman–Crippen MR) is 78.6 cm³/mol. The van der Waals surface area contributed by atoms with Crippen LogP contribution < -0.4 is 0 Å². The summed E-state index contributed by atoms with van der Waals surface area (Å²) >= 11 is 1.93. The highest BCUT2D eigenvalue weighted by molar-refractivity contribution is 7.99. The summed E-state index contributed by atoms with van der Waals surface area (Å²) in [5, 5.41) is 11.0. The molecule has 1 rings (SSSR count). The molecule has 2 unspecified atom stereocenters. The van der Waals surface area contributed by atoms with E-state index < -0.39 is 5.60 Å². The van der Waals surface area contributed by atoms with Gasteiger partial charge in [-0.25, -0.2) is 0 Å². The first kappa shape index (κ1) is 15.4. The largest absolute Gasteiger partial charge is 0.388 e. The number of unbranched alkanes of at least 4 members (excludes halogenated alkanes) is 1. The van der Waals surface area contributed by atoms with Gasteiger partial charge in [0.05, 0.1) is 5.60 Å². The van der Waals surface area contributed by atoms with Gasteiger partial charge in [-0.05, 0) is 29.9 Å². The lowest BCUT2D eigenvalue weighted by atomic mass is 9.68. The lowest BCUT2D eigenvalue weighted by molar-refractivity contribution is -0.0704. The molecule has 0 aromatic heterocycles. The zero-order valence-electron chi connectivity index (χ0n) is 12.1. The third-order valence-corrected chi connectivity index (χ3v) is 5.82. The van der Waals surface area contributed by atoms with E-state index in [1.54, 1.807) is 0 Å². The molecule has 1 heterocycles. The van der Waals surface area contributed by atoms with Crippen molar-refractivity contribution in [3.05, 3.63) is 0 Å². The molecule has 0 aromatic carbocycles. The van der Waals surface area contributed by atoms with E-state index in [-0.39, 0.29) is 5.41 Å². The average Bonchev–Trinajstić information content (AvgIpc) is 2.28. The Morgan fingerprint density at radius 2 is 2.00 bits per heavy atom. The van der Waals surface area contributed by atoms with Gasteiger partial charge in [-0.15, -0.1) is 0 Å². The molecule has 2 heteroatoms. The van der Waals surface area contributed by atoms with Crippen molar-refractivity contribution in [1.82, 2.24) is 0 Å². The molecular formula is C15H30OS. The van der Waals surface area contributed by atoms with E-state index in [4.69, 9.17) is 0 Å². The monoisotopic (exact) mass is 258 g/mol. The van der Waals surface area contributed by atoms with Gasteiger partial charge in [0.2, 0.25) is 0 Å². The van der Waals surface area contributed by atoms with Gasteiger partial charge in [-0.3, -0.25) is 0 Å². The van der Waals surface area contributed by atoms with E-state index in [2.05, 4.69) is 27.7 Å². The van der Waals surface area contributed by atoms with Crippen molar-refractivity contribution < 1.29 is 5.11 Å². The summed E-state index contributed by atoms with van der Waals surface area (Å²) in [6.45, 7) is 9.02. The molecule has 0 aliphatic carbocycles. The van der Waals surface area contributed by atoms with Crippen LogP contribution in [-0.4, -0.2) is 22.2 Å². The molecule has 102 valence electrons. The van der Waals surface area contributed by atoms with E-state index in [0.29, 0.717) is 5.92 Å². The molecule has 1 aliphatic rings. The highest BCUT2D eigenvalue weighted by Gasteiger charge is 2.46. The molecule has 0 saturated carbocycles. The highest BCUT2D eigenvalue weighted by Crippen LogP contribution is 2.46. The van der Waals surface area contributed by atoms with E-state index >= 15 is 0 Å². The van der Waals surface area contributed by atoms with E-state index in [1.807, 2.05) is 11.8 Å². The third kappa shape index (κ3) is 3.89. The summed E-state index contributed by atoms with van der Waals surface area (Å²) in [6, 6.07) is 0. The van der Waals surface area contributed by atoms with E-state index in [1.165, 1.54) is 31.4 Å². The van der Waals surface area contributed by atoms with Crippen LogP contribution in [0.4, 0.5) is 0 Å². The molecule has 17 heavy (non-hydrogen) atoms. The van der Waals surface area contributed by atoms with Crippen molar-refractivity contribution in [3.8, 4) is 0 Å². The number of rotatable bonds is 6. The van der Waals surface area contributed by atoms with Crippen LogP contribution in [0.3, 0.4) is 0 Å². The molecule has 1 fully saturated rings. The maximum Gasteiger partial charge on any atom is 0.0791 e. The highest BCUT2D eigenvalue weighted by atomic mass is 32.2. The molecule has 0 bridgehead atoms. The van der Waals surface area contributed by atoms with Gasteiger partial charge in [-0.1, -0.05) is 53.4 Å². The summed E-state index contributed by atoms with van der Waals surface area (Å²) in [7, 11) is 0. The molecule has 0 amide bonds. The number of hydrogen-bond acceptors (Lipinski definition) is 2. The molecule has 0 aromatic rings. The topological polar surface area (TPSA) is 20.2 Å². The number of aliphatic hydroxyl groups is 1. The number of hydrogen-bond donors (Lipinski definition) is 1. The second-order valence-corrected chi connectivity index (χ2v) is 7.44. The molecule has 1 nitrogen and oxygen atoms in total. The van der Waals surface area contributed by atoms with Crippen molar-refractivity contribution in [2.24, 2.45) is 11.3 Å². The van der Waals surface area contributed by atoms with Crippen LogP contribution in [0.5, 0.6) is 0 Å².